The van der Waals surface area contributed by atoms with E-state index in [0.29, 0.717) is 12.5 Å². The quantitative estimate of drug-likeness (QED) is 0.674. The molecule has 0 fully saturated rings. The molecule has 1 aliphatic rings. The van der Waals surface area contributed by atoms with Crippen molar-refractivity contribution in [3.05, 3.63) is 24.0 Å². The summed E-state index contributed by atoms with van der Waals surface area (Å²) in [6, 6.07) is 3.68. The van der Waals surface area contributed by atoms with Crippen LogP contribution in [0.2, 0.25) is 0 Å². The third kappa shape index (κ3) is 1.61. The van der Waals surface area contributed by atoms with E-state index >= 15 is 0 Å². The summed E-state index contributed by atoms with van der Waals surface area (Å²) in [5, 5.41) is 0. The van der Waals surface area contributed by atoms with Gasteiger partial charge in [0.25, 0.3) is 0 Å². The molecule has 0 unspecified atom stereocenters. The molecule has 0 N–H and O–H groups in total. The van der Waals surface area contributed by atoms with Gasteiger partial charge in [0.05, 0.1) is 19.9 Å². The van der Waals surface area contributed by atoms with Gasteiger partial charge >= 0.3 is 0 Å². The first kappa shape index (κ1) is 8.04. The molecule has 0 atom stereocenters. The van der Waals surface area contributed by atoms with Crippen LogP contribution >= 0.6 is 0 Å². The van der Waals surface area contributed by atoms with E-state index in [2.05, 4.69) is 9.98 Å². The minimum atomic E-state index is 0.627. The number of methoxy groups -OCH3 is 1. The van der Waals surface area contributed by atoms with Crippen LogP contribution in [-0.2, 0) is 4.74 Å². The normalized spacial score (nSPS) is 15.0. The lowest BCUT2D eigenvalue weighted by atomic mass is 10.3. The zero-order valence-electron chi connectivity index (χ0n) is 7.36. The molecule has 0 aromatic carbocycles. The molecule has 0 radical (unpaired) electrons. The van der Waals surface area contributed by atoms with Gasteiger partial charge < -0.3 is 9.47 Å². The van der Waals surface area contributed by atoms with E-state index in [1.807, 2.05) is 12.1 Å². The van der Waals surface area contributed by atoms with Crippen LogP contribution in [0.5, 0.6) is 5.75 Å². The fourth-order valence-corrected chi connectivity index (χ4v) is 1.12. The van der Waals surface area contributed by atoms with Gasteiger partial charge in [0.1, 0.15) is 18.1 Å². The Bertz CT molecular complexity index is 319. The van der Waals surface area contributed by atoms with Crippen molar-refractivity contribution < 1.29 is 9.47 Å². The van der Waals surface area contributed by atoms with E-state index in [-0.39, 0.29) is 0 Å². The van der Waals surface area contributed by atoms with E-state index in [0.717, 1.165) is 18.0 Å². The number of rotatable bonds is 2. The van der Waals surface area contributed by atoms with Crippen LogP contribution in [-0.4, -0.2) is 31.1 Å². The van der Waals surface area contributed by atoms with Crippen molar-refractivity contribution in [1.82, 2.24) is 4.98 Å². The lowest BCUT2D eigenvalue weighted by Gasteiger charge is -2.01. The molecule has 2 heterocycles. The molecule has 0 saturated heterocycles. The molecule has 13 heavy (non-hydrogen) atoms. The SMILES string of the molecule is COc1ccc(C2=NCCO2)nc1. The Labute approximate surface area is 76.2 Å². The molecule has 4 heteroatoms. The topological polar surface area (TPSA) is 43.7 Å². The summed E-state index contributed by atoms with van der Waals surface area (Å²) in [6.07, 6.45) is 1.65. The monoisotopic (exact) mass is 178 g/mol. The predicted molar refractivity (Wildman–Crippen MR) is 48.1 cm³/mol. The van der Waals surface area contributed by atoms with Crippen molar-refractivity contribution in [1.29, 1.82) is 0 Å². The maximum atomic E-state index is 5.26. The van der Waals surface area contributed by atoms with Crippen molar-refractivity contribution in [2.24, 2.45) is 4.99 Å². The summed E-state index contributed by atoms with van der Waals surface area (Å²) in [5.41, 5.74) is 0.762. The molecule has 0 saturated carbocycles. The highest BCUT2D eigenvalue weighted by Crippen LogP contribution is 2.10. The van der Waals surface area contributed by atoms with Gasteiger partial charge in [-0.05, 0) is 12.1 Å². The molecular weight excluding hydrogens is 168 g/mol. The highest BCUT2D eigenvalue weighted by atomic mass is 16.5. The summed E-state index contributed by atoms with van der Waals surface area (Å²) >= 11 is 0. The van der Waals surface area contributed by atoms with E-state index in [1.165, 1.54) is 0 Å². The highest BCUT2D eigenvalue weighted by molar-refractivity contribution is 5.93. The van der Waals surface area contributed by atoms with E-state index in [9.17, 15) is 0 Å². The van der Waals surface area contributed by atoms with Gasteiger partial charge in [0, 0.05) is 0 Å². The van der Waals surface area contributed by atoms with Crippen LogP contribution in [0, 0.1) is 0 Å². The average Bonchev–Trinajstić information content (AvgIpc) is 2.71. The van der Waals surface area contributed by atoms with Gasteiger partial charge in [-0.1, -0.05) is 0 Å². The maximum absolute atomic E-state index is 5.26. The minimum absolute atomic E-state index is 0.627. The number of hydrogen-bond acceptors (Lipinski definition) is 4. The molecule has 1 aromatic heterocycles. The van der Waals surface area contributed by atoms with E-state index in [4.69, 9.17) is 9.47 Å². The van der Waals surface area contributed by atoms with Gasteiger partial charge in [-0.15, -0.1) is 0 Å². The molecular formula is C9H10N2O2. The van der Waals surface area contributed by atoms with Crippen LogP contribution in [0.4, 0.5) is 0 Å². The Hall–Kier alpha value is -1.58. The second kappa shape index (κ2) is 3.43. The molecule has 68 valence electrons. The molecule has 1 aromatic rings. The molecule has 1 aliphatic heterocycles. The third-order valence-electron chi connectivity index (χ3n) is 1.78. The molecule has 4 nitrogen and oxygen atoms in total. The second-order valence-corrected chi connectivity index (χ2v) is 2.62. The van der Waals surface area contributed by atoms with Crippen molar-refractivity contribution in [3.8, 4) is 5.75 Å². The third-order valence-corrected chi connectivity index (χ3v) is 1.78. The van der Waals surface area contributed by atoms with Gasteiger partial charge in [-0.25, -0.2) is 9.98 Å². The smallest absolute Gasteiger partial charge is 0.235 e. The number of pyridine rings is 1. The summed E-state index contributed by atoms with van der Waals surface area (Å²) in [4.78, 5) is 8.30. The van der Waals surface area contributed by atoms with Gasteiger partial charge in [0.15, 0.2) is 0 Å². The number of aliphatic imine (C=N–C) groups is 1. The van der Waals surface area contributed by atoms with Gasteiger partial charge in [-0.2, -0.15) is 0 Å². The molecule has 0 aliphatic carbocycles. The standard InChI is InChI=1S/C9H10N2O2/c1-12-7-2-3-8(11-6-7)9-10-4-5-13-9/h2-3,6H,4-5H2,1H3. The fourth-order valence-electron chi connectivity index (χ4n) is 1.12. The first-order valence-corrected chi connectivity index (χ1v) is 4.08. The first-order chi connectivity index (χ1) is 6.40. The molecule has 2 rings (SSSR count). The molecule has 0 amide bonds. The Morgan fingerprint density at radius 3 is 2.92 bits per heavy atom. The van der Waals surface area contributed by atoms with Crippen LogP contribution in [0.1, 0.15) is 5.69 Å². The van der Waals surface area contributed by atoms with Crippen molar-refractivity contribution in [3.63, 3.8) is 0 Å². The number of hydrogen-bond donors (Lipinski definition) is 0. The Balaban J connectivity index is 2.22. The van der Waals surface area contributed by atoms with E-state index in [1.54, 1.807) is 13.3 Å². The lowest BCUT2D eigenvalue weighted by Crippen LogP contribution is -2.03. The predicted octanol–water partition coefficient (Wildman–Crippen LogP) is 0.867. The summed E-state index contributed by atoms with van der Waals surface area (Å²) in [7, 11) is 1.61. The lowest BCUT2D eigenvalue weighted by molar-refractivity contribution is 0.347. The maximum Gasteiger partial charge on any atom is 0.235 e. The van der Waals surface area contributed by atoms with Crippen molar-refractivity contribution in [2.45, 2.75) is 0 Å². The first-order valence-electron chi connectivity index (χ1n) is 4.08. The highest BCUT2D eigenvalue weighted by Gasteiger charge is 2.10. The van der Waals surface area contributed by atoms with Crippen LogP contribution < -0.4 is 4.74 Å². The molecule has 0 bridgehead atoms. The number of aromatic nitrogens is 1. The molecule has 0 spiro atoms. The Kier molecular flexibility index (Phi) is 2.12. The zero-order chi connectivity index (χ0) is 9.10. The average molecular weight is 178 g/mol. The van der Waals surface area contributed by atoms with Crippen LogP contribution in [0.25, 0.3) is 0 Å². The second-order valence-electron chi connectivity index (χ2n) is 2.62. The van der Waals surface area contributed by atoms with Crippen molar-refractivity contribution in [2.75, 3.05) is 20.3 Å². The van der Waals surface area contributed by atoms with Crippen LogP contribution in [0.3, 0.4) is 0 Å². The number of ether oxygens (including phenoxy) is 2. The summed E-state index contributed by atoms with van der Waals surface area (Å²) in [5.74, 6) is 1.37. The van der Waals surface area contributed by atoms with E-state index < -0.39 is 0 Å². The fraction of sp³-hybridized carbons (Fsp3) is 0.333. The largest absolute Gasteiger partial charge is 0.495 e. The van der Waals surface area contributed by atoms with Crippen LogP contribution in [0.15, 0.2) is 23.3 Å². The number of nitrogens with zero attached hydrogens (tertiary/aromatic N) is 2. The van der Waals surface area contributed by atoms with Gasteiger partial charge in [0.2, 0.25) is 5.90 Å². The Morgan fingerprint density at radius 1 is 1.46 bits per heavy atom. The summed E-state index contributed by atoms with van der Waals surface area (Å²) < 4.78 is 10.2. The van der Waals surface area contributed by atoms with Crippen molar-refractivity contribution >= 4 is 5.90 Å². The minimum Gasteiger partial charge on any atom is -0.495 e. The Morgan fingerprint density at radius 2 is 2.38 bits per heavy atom. The van der Waals surface area contributed by atoms with Gasteiger partial charge in [-0.3, -0.25) is 0 Å². The summed E-state index contributed by atoms with van der Waals surface area (Å²) in [6.45, 7) is 1.38. The zero-order valence-corrected chi connectivity index (χ0v) is 7.36.